The summed E-state index contributed by atoms with van der Waals surface area (Å²) in [5.41, 5.74) is 10.8. The lowest BCUT2D eigenvalue weighted by molar-refractivity contribution is 0.869. The molecule has 0 atom stereocenters. The van der Waals surface area contributed by atoms with Crippen LogP contribution in [-0.4, -0.2) is 11.1 Å². The van der Waals surface area contributed by atoms with E-state index in [1.807, 2.05) is 0 Å². The first-order chi connectivity index (χ1) is 7.74. The van der Waals surface area contributed by atoms with Crippen molar-refractivity contribution in [1.82, 2.24) is 4.57 Å². The van der Waals surface area contributed by atoms with Crippen LogP contribution in [-0.2, 0) is 6.42 Å². The van der Waals surface area contributed by atoms with Crippen molar-refractivity contribution in [3.05, 3.63) is 53.3 Å². The molecule has 0 radical (unpaired) electrons. The molecule has 0 aliphatic carbocycles. The minimum atomic E-state index is 0.689. The fourth-order valence-electron chi connectivity index (χ4n) is 2.00. The maximum atomic E-state index is 5.62. The monoisotopic (exact) mass is 214 g/mol. The Morgan fingerprint density at radius 3 is 2.69 bits per heavy atom. The Kier molecular flexibility index (Phi) is 3.11. The summed E-state index contributed by atoms with van der Waals surface area (Å²) in [7, 11) is 0. The van der Waals surface area contributed by atoms with E-state index in [2.05, 4.69) is 54.9 Å². The molecule has 1 aromatic heterocycles. The van der Waals surface area contributed by atoms with Crippen molar-refractivity contribution < 1.29 is 0 Å². The van der Waals surface area contributed by atoms with Gasteiger partial charge in [-0.15, -0.1) is 0 Å². The van der Waals surface area contributed by atoms with Gasteiger partial charge >= 0.3 is 0 Å². The van der Waals surface area contributed by atoms with E-state index in [1.54, 1.807) is 0 Å². The fraction of sp³-hybridized carbons (Fsp3) is 0.286. The first kappa shape index (κ1) is 11.0. The minimum absolute atomic E-state index is 0.689. The Hall–Kier alpha value is -1.54. The molecule has 0 amide bonds. The first-order valence-corrected chi connectivity index (χ1v) is 5.67. The average molecular weight is 214 g/mol. The Bertz CT molecular complexity index is 483. The lowest BCUT2D eigenvalue weighted by Crippen LogP contribution is -2.08. The molecule has 0 aliphatic heterocycles. The summed E-state index contributed by atoms with van der Waals surface area (Å²) in [4.78, 5) is 0. The Labute approximate surface area is 96.7 Å². The van der Waals surface area contributed by atoms with Crippen molar-refractivity contribution in [2.45, 2.75) is 20.3 Å². The molecule has 16 heavy (non-hydrogen) atoms. The molecule has 0 bridgehead atoms. The van der Waals surface area contributed by atoms with E-state index in [0.29, 0.717) is 6.54 Å². The fourth-order valence-corrected chi connectivity index (χ4v) is 2.00. The van der Waals surface area contributed by atoms with Crippen LogP contribution in [0.1, 0.15) is 16.8 Å². The van der Waals surface area contributed by atoms with Gasteiger partial charge in [0.1, 0.15) is 0 Å². The third kappa shape index (κ3) is 1.89. The average Bonchev–Trinajstić information content (AvgIpc) is 2.71. The van der Waals surface area contributed by atoms with Crippen molar-refractivity contribution >= 4 is 0 Å². The Morgan fingerprint density at radius 1 is 1.12 bits per heavy atom. The molecule has 2 aromatic rings. The van der Waals surface area contributed by atoms with Gasteiger partial charge in [-0.2, -0.15) is 0 Å². The highest BCUT2D eigenvalue weighted by Crippen LogP contribution is 2.19. The van der Waals surface area contributed by atoms with Gasteiger partial charge in [-0.1, -0.05) is 12.1 Å². The van der Waals surface area contributed by atoms with Crippen molar-refractivity contribution in [3.8, 4) is 5.69 Å². The van der Waals surface area contributed by atoms with Gasteiger partial charge < -0.3 is 10.3 Å². The third-order valence-corrected chi connectivity index (χ3v) is 3.07. The number of aromatic nitrogens is 1. The van der Waals surface area contributed by atoms with E-state index < -0.39 is 0 Å². The molecule has 0 saturated carbocycles. The Balaban J connectivity index is 2.50. The molecular formula is C14H18N2. The van der Waals surface area contributed by atoms with E-state index in [-0.39, 0.29) is 0 Å². The van der Waals surface area contributed by atoms with Gasteiger partial charge in [-0.25, -0.2) is 0 Å². The standard InChI is InChI=1S/C14H18N2/c1-11-5-3-7-14(12(11)2)16-10-4-6-13(16)8-9-15/h3-7,10H,8-9,15H2,1-2H3. The molecule has 2 nitrogen and oxygen atoms in total. The highest BCUT2D eigenvalue weighted by atomic mass is 15.0. The zero-order chi connectivity index (χ0) is 11.5. The maximum Gasteiger partial charge on any atom is 0.0484 e. The summed E-state index contributed by atoms with van der Waals surface area (Å²) < 4.78 is 2.23. The topological polar surface area (TPSA) is 30.9 Å². The summed E-state index contributed by atoms with van der Waals surface area (Å²) in [6, 6.07) is 10.6. The van der Waals surface area contributed by atoms with Crippen LogP contribution in [0.3, 0.4) is 0 Å². The van der Waals surface area contributed by atoms with Crippen LogP contribution in [0.4, 0.5) is 0 Å². The van der Waals surface area contributed by atoms with E-state index in [1.165, 1.54) is 22.5 Å². The van der Waals surface area contributed by atoms with Gasteiger partial charge in [-0.3, -0.25) is 0 Å². The first-order valence-electron chi connectivity index (χ1n) is 5.67. The summed E-state index contributed by atoms with van der Waals surface area (Å²) in [6.07, 6.45) is 3.02. The van der Waals surface area contributed by atoms with Crippen LogP contribution in [0.15, 0.2) is 36.5 Å². The highest BCUT2D eigenvalue weighted by molar-refractivity contribution is 5.46. The van der Waals surface area contributed by atoms with Gasteiger partial charge in [0.2, 0.25) is 0 Å². The number of aryl methyl sites for hydroxylation is 1. The highest BCUT2D eigenvalue weighted by Gasteiger charge is 2.06. The lowest BCUT2D eigenvalue weighted by Gasteiger charge is -2.13. The molecule has 2 heteroatoms. The minimum Gasteiger partial charge on any atom is -0.330 e. The van der Waals surface area contributed by atoms with Crippen molar-refractivity contribution in [1.29, 1.82) is 0 Å². The lowest BCUT2D eigenvalue weighted by atomic mass is 10.1. The predicted octanol–water partition coefficient (Wildman–Crippen LogP) is 2.60. The second-order valence-electron chi connectivity index (χ2n) is 4.13. The quantitative estimate of drug-likeness (QED) is 0.836. The molecule has 1 aromatic carbocycles. The summed E-state index contributed by atoms with van der Waals surface area (Å²) >= 11 is 0. The predicted molar refractivity (Wildman–Crippen MR) is 68.0 cm³/mol. The Morgan fingerprint density at radius 2 is 1.94 bits per heavy atom. The molecular weight excluding hydrogens is 196 g/mol. The summed E-state index contributed by atoms with van der Waals surface area (Å²) in [6.45, 7) is 5.00. The number of hydrogen-bond acceptors (Lipinski definition) is 1. The molecule has 2 N–H and O–H groups in total. The normalized spacial score (nSPS) is 10.7. The molecule has 0 aliphatic rings. The van der Waals surface area contributed by atoms with Crippen molar-refractivity contribution in [3.63, 3.8) is 0 Å². The SMILES string of the molecule is Cc1cccc(-n2cccc2CCN)c1C. The molecule has 2 rings (SSSR count). The van der Waals surface area contributed by atoms with E-state index in [9.17, 15) is 0 Å². The van der Waals surface area contributed by atoms with Gasteiger partial charge in [-0.05, 0) is 49.7 Å². The van der Waals surface area contributed by atoms with E-state index in [0.717, 1.165) is 6.42 Å². The molecule has 84 valence electrons. The van der Waals surface area contributed by atoms with Crippen LogP contribution in [0.2, 0.25) is 0 Å². The van der Waals surface area contributed by atoms with Crippen molar-refractivity contribution in [2.75, 3.05) is 6.54 Å². The van der Waals surface area contributed by atoms with E-state index >= 15 is 0 Å². The van der Waals surface area contributed by atoms with Crippen LogP contribution in [0, 0.1) is 13.8 Å². The van der Waals surface area contributed by atoms with Crippen LogP contribution in [0.25, 0.3) is 5.69 Å². The number of benzene rings is 1. The molecule has 0 saturated heterocycles. The molecule has 0 unspecified atom stereocenters. The number of nitrogens with two attached hydrogens (primary N) is 1. The van der Waals surface area contributed by atoms with Crippen LogP contribution in [0.5, 0.6) is 0 Å². The second kappa shape index (κ2) is 4.54. The zero-order valence-corrected chi connectivity index (χ0v) is 9.90. The van der Waals surface area contributed by atoms with Gasteiger partial charge in [0.25, 0.3) is 0 Å². The van der Waals surface area contributed by atoms with Gasteiger partial charge in [0.05, 0.1) is 0 Å². The van der Waals surface area contributed by atoms with Gasteiger partial charge in [0, 0.05) is 24.0 Å². The molecule has 0 fully saturated rings. The third-order valence-electron chi connectivity index (χ3n) is 3.07. The zero-order valence-electron chi connectivity index (χ0n) is 9.90. The summed E-state index contributed by atoms with van der Waals surface area (Å²) in [5.74, 6) is 0. The number of hydrogen-bond donors (Lipinski definition) is 1. The number of nitrogens with zero attached hydrogens (tertiary/aromatic N) is 1. The maximum absolute atomic E-state index is 5.62. The van der Waals surface area contributed by atoms with E-state index in [4.69, 9.17) is 5.73 Å². The van der Waals surface area contributed by atoms with Crippen LogP contribution >= 0.6 is 0 Å². The second-order valence-corrected chi connectivity index (χ2v) is 4.13. The van der Waals surface area contributed by atoms with Crippen molar-refractivity contribution in [2.24, 2.45) is 5.73 Å². The summed E-state index contributed by atoms with van der Waals surface area (Å²) in [5, 5.41) is 0. The number of rotatable bonds is 3. The molecule has 1 heterocycles. The van der Waals surface area contributed by atoms with Gasteiger partial charge in [0.15, 0.2) is 0 Å². The van der Waals surface area contributed by atoms with Crippen LogP contribution < -0.4 is 5.73 Å². The largest absolute Gasteiger partial charge is 0.330 e. The molecule has 0 spiro atoms. The smallest absolute Gasteiger partial charge is 0.0484 e.